The largest absolute Gasteiger partial charge is 0.470 e. The van der Waals surface area contributed by atoms with Crippen molar-refractivity contribution in [1.82, 2.24) is 15.1 Å². The molecule has 0 unspecified atom stereocenters. The molecule has 1 aromatic heterocycles. The van der Waals surface area contributed by atoms with Crippen LogP contribution in [0.3, 0.4) is 0 Å². The maximum Gasteiger partial charge on any atom is 0.470 e. The van der Waals surface area contributed by atoms with Crippen molar-refractivity contribution in [2.24, 2.45) is 0 Å². The summed E-state index contributed by atoms with van der Waals surface area (Å²) in [7, 11) is -3.26. The second kappa shape index (κ2) is 9.19. The van der Waals surface area contributed by atoms with Crippen LogP contribution < -0.4 is 4.90 Å². The number of amides is 2. The number of aromatic nitrogens is 2. The maximum absolute atomic E-state index is 14.6. The molecule has 0 spiro atoms. The molecule has 0 aliphatic carbocycles. The molecule has 1 N–H and O–H groups in total. The predicted molar refractivity (Wildman–Crippen MR) is 114 cm³/mol. The van der Waals surface area contributed by atoms with Gasteiger partial charge in [0.25, 0.3) is 0 Å². The van der Waals surface area contributed by atoms with Gasteiger partial charge in [0.2, 0.25) is 13.3 Å². The van der Waals surface area contributed by atoms with Crippen molar-refractivity contribution in [3.8, 4) is 11.5 Å². The molecule has 2 heterocycles. The lowest BCUT2D eigenvalue weighted by Crippen LogP contribution is -2.47. The fourth-order valence-corrected chi connectivity index (χ4v) is 4.79. The number of carbonyl (C=O) groups is 1. The first-order valence-corrected chi connectivity index (χ1v) is 12.2. The van der Waals surface area contributed by atoms with E-state index in [9.17, 15) is 31.8 Å². The molecule has 3 aromatic rings. The van der Waals surface area contributed by atoms with E-state index in [1.807, 2.05) is 0 Å². The third-order valence-corrected chi connectivity index (χ3v) is 7.09. The highest BCUT2D eigenvalue weighted by Crippen LogP contribution is 2.42. The van der Waals surface area contributed by atoms with E-state index in [4.69, 9.17) is 0 Å². The Balaban J connectivity index is 1.57. The molecule has 0 bridgehead atoms. The van der Waals surface area contributed by atoms with Crippen LogP contribution in [0.15, 0.2) is 52.9 Å². The van der Waals surface area contributed by atoms with Gasteiger partial charge < -0.3 is 14.2 Å². The number of alkyl halides is 3. The number of para-hydroxylation sites is 1. The number of rotatable bonds is 4. The summed E-state index contributed by atoms with van der Waals surface area (Å²) in [6.07, 6.45) is -4.84. The first kappa shape index (κ1) is 23.9. The minimum absolute atomic E-state index is 0.0288. The molecular weight excluding hydrogens is 479 g/mol. The average Bonchev–Trinajstić information content (AvgIpc) is 3.29. The topological polar surface area (TPSA) is 99.8 Å². The Morgan fingerprint density at radius 1 is 1.09 bits per heavy atom. The summed E-state index contributed by atoms with van der Waals surface area (Å²) in [6, 6.07) is 11.2. The third kappa shape index (κ3) is 5.28. The zero-order valence-corrected chi connectivity index (χ0v) is 18.5. The molecule has 2 aromatic carbocycles. The Morgan fingerprint density at radius 2 is 1.74 bits per heavy atom. The zero-order chi connectivity index (χ0) is 24.5. The molecule has 1 aliphatic heterocycles. The van der Waals surface area contributed by atoms with Crippen molar-refractivity contribution in [1.29, 1.82) is 0 Å². The molecule has 1 fully saturated rings. The molecular formula is C21H19F4N4O4P. The SMILES string of the molecule is O=C(N1CCP(=O)(O)CC1)N(Cc1ccc(-c2nnc(C(F)(F)F)o2)cc1)c1ccccc1F. The average molecular weight is 498 g/mol. The lowest BCUT2D eigenvalue weighted by molar-refractivity contribution is -0.156. The molecule has 2 amide bonds. The minimum atomic E-state index is -4.76. The molecule has 0 saturated carbocycles. The second-order valence-electron chi connectivity index (χ2n) is 7.71. The minimum Gasteiger partial charge on any atom is -0.413 e. The number of benzene rings is 2. The van der Waals surface area contributed by atoms with E-state index in [0.717, 1.165) is 0 Å². The normalized spacial score (nSPS) is 15.9. The van der Waals surface area contributed by atoms with E-state index in [2.05, 4.69) is 14.6 Å². The van der Waals surface area contributed by atoms with E-state index >= 15 is 0 Å². The van der Waals surface area contributed by atoms with Gasteiger partial charge in [0.15, 0.2) is 0 Å². The monoisotopic (exact) mass is 498 g/mol. The lowest BCUT2D eigenvalue weighted by Gasteiger charge is -2.34. The summed E-state index contributed by atoms with van der Waals surface area (Å²) in [6.45, 7) is 0.0787. The van der Waals surface area contributed by atoms with Crippen LogP contribution in [-0.2, 0) is 17.3 Å². The van der Waals surface area contributed by atoms with E-state index in [-0.39, 0.29) is 49.1 Å². The van der Waals surface area contributed by atoms with Crippen molar-refractivity contribution in [3.05, 3.63) is 65.8 Å². The van der Waals surface area contributed by atoms with Crippen molar-refractivity contribution >= 4 is 19.1 Å². The summed E-state index contributed by atoms with van der Waals surface area (Å²) < 4.78 is 69.2. The standard InChI is InChI=1S/C21H19F4N4O4P/c22-16-3-1-2-4-17(16)29(20(30)28-9-11-34(31,32)12-10-28)13-14-5-7-15(8-6-14)18-26-27-19(33-18)21(23,24)25/h1-8H,9-13H2,(H,31,32). The van der Waals surface area contributed by atoms with Gasteiger partial charge in [-0.05, 0) is 29.8 Å². The van der Waals surface area contributed by atoms with Gasteiger partial charge in [-0.25, -0.2) is 9.18 Å². The Kier molecular flexibility index (Phi) is 6.46. The van der Waals surface area contributed by atoms with Gasteiger partial charge in [-0.2, -0.15) is 13.2 Å². The maximum atomic E-state index is 14.6. The van der Waals surface area contributed by atoms with Gasteiger partial charge in [0, 0.05) is 31.0 Å². The van der Waals surface area contributed by atoms with Gasteiger partial charge in [0.05, 0.1) is 12.2 Å². The zero-order valence-electron chi connectivity index (χ0n) is 17.6. The molecule has 34 heavy (non-hydrogen) atoms. The van der Waals surface area contributed by atoms with Crippen LogP contribution in [0.25, 0.3) is 11.5 Å². The highest BCUT2D eigenvalue weighted by Gasteiger charge is 2.38. The summed E-state index contributed by atoms with van der Waals surface area (Å²) in [5.41, 5.74) is 0.826. The highest BCUT2D eigenvalue weighted by molar-refractivity contribution is 7.58. The van der Waals surface area contributed by atoms with E-state index in [1.165, 1.54) is 40.1 Å². The molecule has 0 radical (unpaired) electrons. The van der Waals surface area contributed by atoms with Crippen LogP contribution in [0.4, 0.5) is 28.0 Å². The number of halogens is 4. The Morgan fingerprint density at radius 3 is 2.32 bits per heavy atom. The predicted octanol–water partition coefficient (Wildman–Crippen LogP) is 4.61. The molecule has 1 aliphatic rings. The fraction of sp³-hybridized carbons (Fsp3) is 0.286. The van der Waals surface area contributed by atoms with Crippen LogP contribution in [0.2, 0.25) is 0 Å². The number of nitrogens with zero attached hydrogens (tertiary/aromatic N) is 4. The summed E-state index contributed by atoms with van der Waals surface area (Å²) >= 11 is 0. The van der Waals surface area contributed by atoms with Crippen LogP contribution >= 0.6 is 7.37 Å². The number of carbonyl (C=O) groups excluding carboxylic acids is 1. The van der Waals surface area contributed by atoms with Crippen molar-refractivity contribution < 1.29 is 36.2 Å². The van der Waals surface area contributed by atoms with Gasteiger partial charge in [0.1, 0.15) is 5.82 Å². The number of hydrogen-bond donors (Lipinski definition) is 1. The van der Waals surface area contributed by atoms with Crippen LogP contribution in [-0.4, -0.2) is 51.4 Å². The van der Waals surface area contributed by atoms with E-state index < -0.39 is 31.3 Å². The number of urea groups is 1. The van der Waals surface area contributed by atoms with Gasteiger partial charge in [-0.3, -0.25) is 9.46 Å². The first-order chi connectivity index (χ1) is 16.0. The Bertz CT molecular complexity index is 1220. The number of hydrogen-bond acceptors (Lipinski definition) is 5. The van der Waals surface area contributed by atoms with Crippen LogP contribution in [0, 0.1) is 5.82 Å². The van der Waals surface area contributed by atoms with Crippen LogP contribution in [0.5, 0.6) is 0 Å². The number of anilines is 1. The smallest absolute Gasteiger partial charge is 0.413 e. The Labute approximate surface area is 191 Å². The first-order valence-electron chi connectivity index (χ1n) is 10.2. The molecule has 8 nitrogen and oxygen atoms in total. The van der Waals surface area contributed by atoms with Gasteiger partial charge in [-0.15, -0.1) is 10.2 Å². The quantitative estimate of drug-likeness (QED) is 0.417. The summed E-state index contributed by atoms with van der Waals surface area (Å²) in [5, 5.41) is 6.39. The summed E-state index contributed by atoms with van der Waals surface area (Å²) in [4.78, 5) is 25.6. The van der Waals surface area contributed by atoms with Crippen molar-refractivity contribution in [2.75, 3.05) is 30.3 Å². The van der Waals surface area contributed by atoms with Crippen LogP contribution in [0.1, 0.15) is 11.5 Å². The van der Waals surface area contributed by atoms with E-state index in [1.54, 1.807) is 18.2 Å². The molecule has 4 rings (SSSR count). The third-order valence-electron chi connectivity index (χ3n) is 5.29. The van der Waals surface area contributed by atoms with Gasteiger partial charge >= 0.3 is 18.1 Å². The van der Waals surface area contributed by atoms with Gasteiger partial charge in [-0.1, -0.05) is 24.3 Å². The van der Waals surface area contributed by atoms with E-state index in [0.29, 0.717) is 5.56 Å². The second-order valence-corrected chi connectivity index (χ2v) is 10.3. The summed E-state index contributed by atoms with van der Waals surface area (Å²) in [5.74, 6) is -2.40. The fourth-order valence-electron chi connectivity index (χ4n) is 3.46. The highest BCUT2D eigenvalue weighted by atomic mass is 31.2. The molecule has 180 valence electrons. The molecule has 1 saturated heterocycles. The van der Waals surface area contributed by atoms with Crippen molar-refractivity contribution in [2.45, 2.75) is 12.7 Å². The molecule has 13 heteroatoms. The molecule has 0 atom stereocenters. The lowest BCUT2D eigenvalue weighted by atomic mass is 10.1. The van der Waals surface area contributed by atoms with Crippen molar-refractivity contribution in [3.63, 3.8) is 0 Å². The Hall–Kier alpha value is -3.24.